The minimum absolute atomic E-state index is 0.197. The fourth-order valence-electron chi connectivity index (χ4n) is 4.43. The molecular formula is C28H27ClN6O2. The monoisotopic (exact) mass is 514 g/mol. The van der Waals surface area contributed by atoms with Crippen LogP contribution in [0.1, 0.15) is 25.0 Å². The third kappa shape index (κ3) is 4.57. The van der Waals surface area contributed by atoms with Crippen LogP contribution in [0.3, 0.4) is 0 Å². The van der Waals surface area contributed by atoms with Crippen molar-refractivity contribution in [3.8, 4) is 0 Å². The second kappa shape index (κ2) is 9.06. The second-order valence-electron chi connectivity index (χ2n) is 9.71. The molecule has 2 amide bonds. The van der Waals surface area contributed by atoms with E-state index in [0.717, 1.165) is 27.8 Å². The molecule has 4 aromatic rings. The highest BCUT2D eigenvalue weighted by Crippen LogP contribution is 2.39. The zero-order chi connectivity index (χ0) is 26.5. The molecule has 5 rings (SSSR count). The van der Waals surface area contributed by atoms with Crippen LogP contribution in [0, 0.1) is 0 Å². The smallest absolute Gasteiger partial charge is 0.258 e. The number of nitrogens with one attached hydrogen (secondary N) is 2. The minimum atomic E-state index is -0.987. The summed E-state index contributed by atoms with van der Waals surface area (Å²) in [5.41, 5.74) is 11.6. The van der Waals surface area contributed by atoms with E-state index in [1.165, 1.54) is 4.90 Å². The van der Waals surface area contributed by atoms with E-state index in [4.69, 9.17) is 17.3 Å². The van der Waals surface area contributed by atoms with E-state index >= 15 is 0 Å². The van der Waals surface area contributed by atoms with Crippen LogP contribution in [-0.4, -0.2) is 34.0 Å². The Hall–Kier alpha value is -4.14. The molecule has 9 heteroatoms. The largest absolute Gasteiger partial charge is 0.354 e. The molecule has 4 N–H and O–H groups in total. The molecule has 0 saturated heterocycles. The van der Waals surface area contributed by atoms with Gasteiger partial charge in [-0.3, -0.25) is 9.59 Å². The van der Waals surface area contributed by atoms with Gasteiger partial charge >= 0.3 is 0 Å². The van der Waals surface area contributed by atoms with E-state index in [1.54, 1.807) is 39.4 Å². The molecule has 1 aliphatic rings. The maximum Gasteiger partial charge on any atom is 0.258 e. The van der Waals surface area contributed by atoms with Crippen LogP contribution >= 0.6 is 11.6 Å². The van der Waals surface area contributed by atoms with Crippen molar-refractivity contribution in [3.05, 3.63) is 83.1 Å². The van der Waals surface area contributed by atoms with E-state index < -0.39 is 5.54 Å². The number of nitrogens with two attached hydrogens (primary N) is 1. The molecule has 0 bridgehead atoms. The van der Waals surface area contributed by atoms with Crippen LogP contribution in [0.2, 0.25) is 5.02 Å². The minimum Gasteiger partial charge on any atom is -0.354 e. The van der Waals surface area contributed by atoms with Crippen molar-refractivity contribution in [1.29, 1.82) is 0 Å². The average molecular weight is 515 g/mol. The number of carbonyl (C=O) groups excluding carboxylic acids is 2. The number of likely N-dealkylation sites (N-methyl/N-ethyl adjacent to an activating group) is 1. The average Bonchev–Trinajstić information content (AvgIpc) is 3.39. The number of aryl methyl sites for hydroxylation is 1. The summed E-state index contributed by atoms with van der Waals surface area (Å²) in [6, 6.07) is 18.6. The maximum absolute atomic E-state index is 13.2. The molecule has 8 nitrogen and oxygen atoms in total. The van der Waals surface area contributed by atoms with E-state index in [-0.39, 0.29) is 11.8 Å². The van der Waals surface area contributed by atoms with Crippen LogP contribution < -0.4 is 21.3 Å². The third-order valence-electron chi connectivity index (χ3n) is 6.37. The lowest BCUT2D eigenvalue weighted by Gasteiger charge is -2.26. The first-order chi connectivity index (χ1) is 17.5. The molecular weight excluding hydrogens is 488 g/mol. The number of nitrogens with zero attached hydrogens (tertiary/aromatic N) is 3. The summed E-state index contributed by atoms with van der Waals surface area (Å²) in [7, 11) is 3.63. The number of rotatable bonds is 5. The molecule has 1 aliphatic heterocycles. The van der Waals surface area contributed by atoms with Gasteiger partial charge in [0.1, 0.15) is 0 Å². The fraction of sp³-hybridized carbons (Fsp3) is 0.179. The number of aromatic nitrogens is 2. The predicted molar refractivity (Wildman–Crippen MR) is 149 cm³/mol. The SMILES string of the molecule is CN(C(=O)C(C)(C)N)c1ccc(N/C(=C2\C(=O)Nc3cc(Cl)ccc32)c2ccc3c(c2)ncn3C)cc1. The predicted octanol–water partition coefficient (Wildman–Crippen LogP) is 4.86. The molecule has 188 valence electrons. The van der Waals surface area contributed by atoms with Crippen LogP contribution in [0.5, 0.6) is 0 Å². The number of anilines is 3. The topological polar surface area (TPSA) is 105 Å². The maximum atomic E-state index is 13.2. The molecule has 1 aromatic heterocycles. The van der Waals surface area contributed by atoms with Crippen molar-refractivity contribution in [2.45, 2.75) is 19.4 Å². The van der Waals surface area contributed by atoms with Crippen LogP contribution in [-0.2, 0) is 16.6 Å². The summed E-state index contributed by atoms with van der Waals surface area (Å²) in [5, 5.41) is 6.90. The Labute approximate surface area is 219 Å². The first-order valence-corrected chi connectivity index (χ1v) is 12.1. The number of fused-ring (bicyclic) bond motifs is 2. The van der Waals surface area contributed by atoms with Crippen molar-refractivity contribution in [3.63, 3.8) is 0 Å². The van der Waals surface area contributed by atoms with Gasteiger partial charge in [-0.2, -0.15) is 0 Å². The number of halogens is 1. The normalized spacial score (nSPS) is 14.4. The van der Waals surface area contributed by atoms with E-state index in [9.17, 15) is 9.59 Å². The quantitative estimate of drug-likeness (QED) is 0.330. The highest BCUT2D eigenvalue weighted by Gasteiger charge is 2.29. The van der Waals surface area contributed by atoms with Gasteiger partial charge in [0.25, 0.3) is 5.91 Å². The lowest BCUT2D eigenvalue weighted by Crippen LogP contribution is -2.49. The Morgan fingerprint density at radius 3 is 2.54 bits per heavy atom. The lowest BCUT2D eigenvalue weighted by molar-refractivity contribution is -0.122. The number of imidazole rings is 1. The molecule has 37 heavy (non-hydrogen) atoms. The number of benzene rings is 3. The van der Waals surface area contributed by atoms with Gasteiger partial charge in [-0.1, -0.05) is 23.7 Å². The zero-order valence-corrected chi connectivity index (χ0v) is 21.7. The first kappa shape index (κ1) is 24.5. The number of carbonyl (C=O) groups is 2. The Bertz CT molecular complexity index is 1580. The number of amides is 2. The van der Waals surface area contributed by atoms with Gasteiger partial charge in [0.2, 0.25) is 5.91 Å². The number of hydrogen-bond donors (Lipinski definition) is 3. The highest BCUT2D eigenvalue weighted by atomic mass is 35.5. The Balaban J connectivity index is 1.59. The van der Waals surface area contributed by atoms with Crippen LogP contribution in [0.4, 0.5) is 17.1 Å². The van der Waals surface area contributed by atoms with Gasteiger partial charge in [0.15, 0.2) is 0 Å². The fourth-order valence-corrected chi connectivity index (χ4v) is 4.60. The molecule has 0 saturated carbocycles. The van der Waals surface area contributed by atoms with E-state index in [0.29, 0.717) is 27.7 Å². The van der Waals surface area contributed by atoms with Gasteiger partial charge in [0, 0.05) is 41.6 Å². The third-order valence-corrected chi connectivity index (χ3v) is 6.61. The van der Waals surface area contributed by atoms with Crippen molar-refractivity contribution in [2.24, 2.45) is 12.8 Å². The van der Waals surface area contributed by atoms with Gasteiger partial charge < -0.3 is 25.8 Å². The van der Waals surface area contributed by atoms with Crippen molar-refractivity contribution >= 4 is 62.8 Å². The van der Waals surface area contributed by atoms with Crippen molar-refractivity contribution < 1.29 is 9.59 Å². The van der Waals surface area contributed by atoms with Gasteiger partial charge in [-0.25, -0.2) is 4.98 Å². The van der Waals surface area contributed by atoms with Crippen LogP contribution in [0.25, 0.3) is 22.3 Å². The van der Waals surface area contributed by atoms with E-state index in [1.807, 2.05) is 60.1 Å². The lowest BCUT2D eigenvalue weighted by atomic mass is 9.99. The zero-order valence-electron chi connectivity index (χ0n) is 21.0. The molecule has 0 spiro atoms. The Morgan fingerprint density at radius 2 is 1.84 bits per heavy atom. The summed E-state index contributed by atoms with van der Waals surface area (Å²) < 4.78 is 1.94. The molecule has 3 aromatic carbocycles. The standard InChI is InChI=1S/C28H27ClN6O2/c1-28(2,30)27(37)35(4)19-9-7-18(8-10-19)32-25(16-5-12-23-22(13-16)31-15-34(23)3)24-20-11-6-17(29)14-21(20)33-26(24)36/h5-15,32H,30H2,1-4H3,(H,33,36)/b25-24-. The molecule has 0 fully saturated rings. The van der Waals surface area contributed by atoms with Gasteiger partial charge in [-0.05, 0) is 62.4 Å². The van der Waals surface area contributed by atoms with Gasteiger partial charge in [0.05, 0.1) is 39.9 Å². The molecule has 2 heterocycles. The highest BCUT2D eigenvalue weighted by molar-refractivity contribution is 6.38. The molecule has 0 radical (unpaired) electrons. The second-order valence-corrected chi connectivity index (χ2v) is 10.1. The molecule has 0 aliphatic carbocycles. The van der Waals surface area contributed by atoms with Crippen molar-refractivity contribution in [1.82, 2.24) is 9.55 Å². The summed E-state index contributed by atoms with van der Waals surface area (Å²) in [4.78, 5) is 31.8. The van der Waals surface area contributed by atoms with E-state index in [2.05, 4.69) is 15.6 Å². The summed E-state index contributed by atoms with van der Waals surface area (Å²) in [5.74, 6) is -0.425. The molecule has 0 atom stereocenters. The summed E-state index contributed by atoms with van der Waals surface area (Å²) in [6.45, 7) is 3.35. The summed E-state index contributed by atoms with van der Waals surface area (Å²) in [6.07, 6.45) is 1.76. The van der Waals surface area contributed by atoms with Crippen molar-refractivity contribution in [2.75, 3.05) is 22.6 Å². The Kier molecular flexibility index (Phi) is 6.01. The summed E-state index contributed by atoms with van der Waals surface area (Å²) >= 11 is 6.17. The van der Waals surface area contributed by atoms with Crippen LogP contribution in [0.15, 0.2) is 67.0 Å². The molecule has 0 unspecified atom stereocenters. The first-order valence-electron chi connectivity index (χ1n) is 11.7. The number of hydrogen-bond acceptors (Lipinski definition) is 5. The van der Waals surface area contributed by atoms with Gasteiger partial charge in [-0.15, -0.1) is 0 Å². The Morgan fingerprint density at radius 1 is 1.11 bits per heavy atom.